The quantitative estimate of drug-likeness (QED) is 0.830. The molecule has 1 fully saturated rings. The van der Waals surface area contributed by atoms with Gasteiger partial charge in [0.25, 0.3) is 0 Å². The molecule has 0 amide bonds. The summed E-state index contributed by atoms with van der Waals surface area (Å²) in [6.07, 6.45) is 3.94. The SMILES string of the molecule is Cc1cc(N)cc(N(C)CC2(N(C)C)CCC2)c1. The maximum absolute atomic E-state index is 5.93. The number of nitrogens with zero attached hydrogens (tertiary/aromatic N) is 2. The van der Waals surface area contributed by atoms with Gasteiger partial charge in [-0.25, -0.2) is 0 Å². The molecule has 0 spiro atoms. The third kappa shape index (κ3) is 2.46. The highest BCUT2D eigenvalue weighted by molar-refractivity contribution is 5.58. The van der Waals surface area contributed by atoms with E-state index in [2.05, 4.69) is 50.0 Å². The molecule has 1 saturated carbocycles. The van der Waals surface area contributed by atoms with Crippen molar-refractivity contribution in [3.8, 4) is 0 Å². The molecule has 1 aliphatic rings. The maximum atomic E-state index is 5.93. The average Bonchev–Trinajstić information content (AvgIpc) is 2.21. The molecule has 1 aromatic carbocycles. The summed E-state index contributed by atoms with van der Waals surface area (Å²) < 4.78 is 0. The number of benzene rings is 1. The van der Waals surface area contributed by atoms with Gasteiger partial charge >= 0.3 is 0 Å². The van der Waals surface area contributed by atoms with E-state index in [1.165, 1.54) is 30.5 Å². The van der Waals surface area contributed by atoms with Crippen molar-refractivity contribution in [3.63, 3.8) is 0 Å². The molecule has 3 heteroatoms. The fraction of sp³-hybridized carbons (Fsp3) is 0.600. The van der Waals surface area contributed by atoms with Gasteiger partial charge in [0.05, 0.1) is 0 Å². The number of rotatable bonds is 4. The first-order valence-electron chi connectivity index (χ1n) is 6.69. The van der Waals surface area contributed by atoms with Crippen LogP contribution < -0.4 is 10.6 Å². The molecule has 100 valence electrons. The molecule has 2 N–H and O–H groups in total. The van der Waals surface area contributed by atoms with Crippen molar-refractivity contribution in [2.75, 3.05) is 38.3 Å². The molecule has 0 atom stereocenters. The predicted molar refractivity (Wildman–Crippen MR) is 79.1 cm³/mol. The van der Waals surface area contributed by atoms with Gasteiger partial charge in [-0.05, 0) is 64.0 Å². The fourth-order valence-corrected chi connectivity index (χ4v) is 2.88. The number of aryl methyl sites for hydroxylation is 1. The van der Waals surface area contributed by atoms with Crippen LogP contribution in [0.1, 0.15) is 24.8 Å². The number of likely N-dealkylation sites (N-methyl/N-ethyl adjacent to an activating group) is 2. The zero-order valence-corrected chi connectivity index (χ0v) is 12.0. The lowest BCUT2D eigenvalue weighted by molar-refractivity contribution is 0.0683. The molecule has 0 bridgehead atoms. The standard InChI is InChI=1S/C15H25N3/c1-12-8-13(16)10-14(9-12)18(4)11-15(17(2)3)6-5-7-15/h8-10H,5-7,11,16H2,1-4H3. The van der Waals surface area contributed by atoms with Crippen LogP contribution in [0.2, 0.25) is 0 Å². The van der Waals surface area contributed by atoms with Crippen molar-refractivity contribution in [2.45, 2.75) is 31.7 Å². The maximum Gasteiger partial charge on any atom is 0.0387 e. The van der Waals surface area contributed by atoms with E-state index in [4.69, 9.17) is 5.73 Å². The lowest BCUT2D eigenvalue weighted by atomic mass is 9.75. The van der Waals surface area contributed by atoms with Crippen LogP contribution >= 0.6 is 0 Å². The van der Waals surface area contributed by atoms with Crippen LogP contribution in [0.25, 0.3) is 0 Å². The van der Waals surface area contributed by atoms with E-state index in [9.17, 15) is 0 Å². The molecule has 1 aromatic rings. The Bertz CT molecular complexity index is 401. The van der Waals surface area contributed by atoms with Gasteiger partial charge in [0.2, 0.25) is 0 Å². The summed E-state index contributed by atoms with van der Waals surface area (Å²) in [6, 6.07) is 6.29. The Labute approximate surface area is 111 Å². The minimum atomic E-state index is 0.354. The van der Waals surface area contributed by atoms with E-state index in [1.54, 1.807) is 0 Å². The smallest absolute Gasteiger partial charge is 0.0387 e. The molecule has 18 heavy (non-hydrogen) atoms. The average molecular weight is 247 g/mol. The van der Waals surface area contributed by atoms with Gasteiger partial charge in [0.1, 0.15) is 0 Å². The molecule has 0 unspecified atom stereocenters. The van der Waals surface area contributed by atoms with Crippen molar-refractivity contribution in [1.29, 1.82) is 0 Å². The summed E-state index contributed by atoms with van der Waals surface area (Å²) in [7, 11) is 6.55. The Balaban J connectivity index is 2.14. The number of hydrogen-bond donors (Lipinski definition) is 1. The van der Waals surface area contributed by atoms with E-state index >= 15 is 0 Å². The lowest BCUT2D eigenvalue weighted by Crippen LogP contribution is -2.56. The number of hydrogen-bond acceptors (Lipinski definition) is 3. The second kappa shape index (κ2) is 4.81. The van der Waals surface area contributed by atoms with Crippen molar-refractivity contribution in [3.05, 3.63) is 23.8 Å². The summed E-state index contributed by atoms with van der Waals surface area (Å²) >= 11 is 0. The molecule has 3 nitrogen and oxygen atoms in total. The van der Waals surface area contributed by atoms with E-state index in [0.29, 0.717) is 5.54 Å². The minimum absolute atomic E-state index is 0.354. The van der Waals surface area contributed by atoms with E-state index in [1.807, 2.05) is 6.07 Å². The van der Waals surface area contributed by atoms with E-state index in [-0.39, 0.29) is 0 Å². The highest BCUT2D eigenvalue weighted by Gasteiger charge is 2.39. The van der Waals surface area contributed by atoms with E-state index in [0.717, 1.165) is 12.2 Å². The zero-order valence-electron chi connectivity index (χ0n) is 12.0. The predicted octanol–water partition coefficient (Wildman–Crippen LogP) is 2.50. The van der Waals surface area contributed by atoms with Crippen LogP contribution in [0, 0.1) is 6.92 Å². The summed E-state index contributed by atoms with van der Waals surface area (Å²) in [5.74, 6) is 0. The topological polar surface area (TPSA) is 32.5 Å². The van der Waals surface area contributed by atoms with Crippen LogP contribution in [0.5, 0.6) is 0 Å². The Hall–Kier alpha value is -1.22. The molecule has 0 aliphatic heterocycles. The van der Waals surface area contributed by atoms with Crippen LogP contribution in [0.15, 0.2) is 18.2 Å². The van der Waals surface area contributed by atoms with Gasteiger partial charge in [-0.1, -0.05) is 0 Å². The van der Waals surface area contributed by atoms with Crippen molar-refractivity contribution < 1.29 is 0 Å². The summed E-state index contributed by atoms with van der Waals surface area (Å²) in [5.41, 5.74) is 9.58. The Morgan fingerprint density at radius 1 is 1.17 bits per heavy atom. The molecular formula is C15H25N3. The van der Waals surface area contributed by atoms with Crippen molar-refractivity contribution in [2.24, 2.45) is 0 Å². The Kier molecular flexibility index (Phi) is 3.53. The van der Waals surface area contributed by atoms with Gasteiger partial charge in [0, 0.05) is 30.5 Å². The molecule has 0 heterocycles. The largest absolute Gasteiger partial charge is 0.399 e. The van der Waals surface area contributed by atoms with Crippen molar-refractivity contribution in [1.82, 2.24) is 4.90 Å². The number of anilines is 2. The lowest BCUT2D eigenvalue weighted by Gasteiger charge is -2.49. The van der Waals surface area contributed by atoms with Gasteiger partial charge < -0.3 is 15.5 Å². The molecular weight excluding hydrogens is 222 g/mol. The Morgan fingerprint density at radius 3 is 2.28 bits per heavy atom. The number of nitrogens with two attached hydrogens (primary N) is 1. The first kappa shape index (κ1) is 13.2. The summed E-state index contributed by atoms with van der Waals surface area (Å²) in [5, 5.41) is 0. The second-order valence-corrected chi connectivity index (χ2v) is 5.93. The highest BCUT2D eigenvalue weighted by atomic mass is 15.2. The van der Waals surface area contributed by atoms with Gasteiger partial charge in [0.15, 0.2) is 0 Å². The molecule has 0 radical (unpaired) electrons. The molecule has 0 saturated heterocycles. The third-order valence-electron chi connectivity index (χ3n) is 4.29. The Morgan fingerprint density at radius 2 is 1.83 bits per heavy atom. The molecule has 2 rings (SSSR count). The van der Waals surface area contributed by atoms with Gasteiger partial charge in [-0.3, -0.25) is 0 Å². The van der Waals surface area contributed by atoms with Crippen molar-refractivity contribution >= 4 is 11.4 Å². The van der Waals surface area contributed by atoms with Crippen LogP contribution in [-0.4, -0.2) is 38.1 Å². The van der Waals surface area contributed by atoms with Crippen LogP contribution in [-0.2, 0) is 0 Å². The summed E-state index contributed by atoms with van der Waals surface area (Å²) in [6.45, 7) is 3.17. The molecule has 1 aliphatic carbocycles. The van der Waals surface area contributed by atoms with E-state index < -0.39 is 0 Å². The second-order valence-electron chi connectivity index (χ2n) is 5.93. The van der Waals surface area contributed by atoms with Crippen LogP contribution in [0.3, 0.4) is 0 Å². The third-order valence-corrected chi connectivity index (χ3v) is 4.29. The zero-order chi connectivity index (χ0) is 13.3. The summed E-state index contributed by atoms with van der Waals surface area (Å²) in [4.78, 5) is 4.72. The minimum Gasteiger partial charge on any atom is -0.399 e. The molecule has 0 aromatic heterocycles. The first-order chi connectivity index (χ1) is 8.43. The monoisotopic (exact) mass is 247 g/mol. The van der Waals surface area contributed by atoms with Crippen LogP contribution in [0.4, 0.5) is 11.4 Å². The van der Waals surface area contributed by atoms with Gasteiger partial charge in [-0.2, -0.15) is 0 Å². The first-order valence-corrected chi connectivity index (χ1v) is 6.69. The number of nitrogen functional groups attached to an aromatic ring is 1. The fourth-order valence-electron chi connectivity index (χ4n) is 2.88. The normalized spacial score (nSPS) is 17.6. The highest BCUT2D eigenvalue weighted by Crippen LogP contribution is 2.37. The van der Waals surface area contributed by atoms with Gasteiger partial charge in [-0.15, -0.1) is 0 Å².